The van der Waals surface area contributed by atoms with Crippen LogP contribution in [0.15, 0.2) is 0 Å². The summed E-state index contributed by atoms with van der Waals surface area (Å²) in [5.74, 6) is 0.281. The second-order valence-electron chi connectivity index (χ2n) is 6.70. The molecule has 96 valence electrons. The van der Waals surface area contributed by atoms with Gasteiger partial charge in [-0.2, -0.15) is 0 Å². The van der Waals surface area contributed by atoms with Gasteiger partial charge in [0.1, 0.15) is 5.78 Å². The second-order valence-corrected chi connectivity index (χ2v) is 6.70. The molecule has 2 nitrogen and oxygen atoms in total. The monoisotopic (exact) mass is 228 g/mol. The Balaban J connectivity index is 3.45. The second kappa shape index (κ2) is 6.39. The summed E-state index contributed by atoms with van der Waals surface area (Å²) in [6.07, 6.45) is 2.78. The Morgan fingerprint density at radius 1 is 1.00 bits per heavy atom. The van der Waals surface area contributed by atoms with E-state index in [0.717, 1.165) is 13.0 Å². The van der Waals surface area contributed by atoms with Gasteiger partial charge < -0.3 is 4.74 Å². The van der Waals surface area contributed by atoms with Crippen molar-refractivity contribution in [3.63, 3.8) is 0 Å². The fraction of sp³-hybridized carbons (Fsp3) is 0.929. The third kappa shape index (κ3) is 8.90. The maximum atomic E-state index is 11.6. The Morgan fingerprint density at radius 3 is 2.00 bits per heavy atom. The van der Waals surface area contributed by atoms with Crippen LogP contribution in [0.25, 0.3) is 0 Å². The van der Waals surface area contributed by atoms with Crippen molar-refractivity contribution < 1.29 is 9.53 Å². The minimum absolute atomic E-state index is 0.227. The number of hydrogen-bond acceptors (Lipinski definition) is 2. The number of rotatable bonds is 6. The summed E-state index contributed by atoms with van der Waals surface area (Å²) in [6, 6.07) is 0. The minimum Gasteiger partial charge on any atom is -0.381 e. The lowest BCUT2D eigenvalue weighted by atomic mass is 9.89. The molecular weight excluding hydrogens is 200 g/mol. The Morgan fingerprint density at radius 2 is 1.56 bits per heavy atom. The van der Waals surface area contributed by atoms with E-state index >= 15 is 0 Å². The largest absolute Gasteiger partial charge is 0.381 e. The highest BCUT2D eigenvalue weighted by atomic mass is 16.5. The van der Waals surface area contributed by atoms with Crippen LogP contribution >= 0.6 is 0 Å². The molecule has 0 aliphatic rings. The molecular formula is C14H28O2. The van der Waals surface area contributed by atoms with Crippen LogP contribution in [0.4, 0.5) is 0 Å². The summed E-state index contributed by atoms with van der Waals surface area (Å²) >= 11 is 0. The molecule has 0 saturated carbocycles. The lowest BCUT2D eigenvalue weighted by molar-refractivity contribution is -0.127. The molecule has 0 rings (SSSR count). The summed E-state index contributed by atoms with van der Waals surface area (Å²) in [7, 11) is 0. The molecule has 0 N–H and O–H groups in total. The van der Waals surface area contributed by atoms with E-state index in [1.165, 1.54) is 6.42 Å². The number of Topliss-reactive ketones (excluding diaryl/α,β-unsaturated/α-hetero) is 1. The zero-order valence-electron chi connectivity index (χ0n) is 11.9. The van der Waals surface area contributed by atoms with E-state index in [1.54, 1.807) is 0 Å². The van der Waals surface area contributed by atoms with Crippen molar-refractivity contribution in [1.29, 1.82) is 0 Å². The highest BCUT2D eigenvalue weighted by molar-refractivity contribution is 5.83. The maximum absolute atomic E-state index is 11.6. The highest BCUT2D eigenvalue weighted by Gasteiger charge is 2.20. The number of hydrogen-bond donors (Lipinski definition) is 0. The Bertz CT molecular complexity index is 206. The molecule has 0 bridgehead atoms. The van der Waals surface area contributed by atoms with Crippen LogP contribution in [0.2, 0.25) is 0 Å². The summed E-state index contributed by atoms with van der Waals surface area (Å²) < 4.78 is 5.47. The van der Waals surface area contributed by atoms with Crippen molar-refractivity contribution >= 4 is 5.78 Å². The molecule has 0 spiro atoms. The Kier molecular flexibility index (Phi) is 6.24. The summed E-state index contributed by atoms with van der Waals surface area (Å²) in [5.41, 5.74) is 0.152. The summed E-state index contributed by atoms with van der Waals surface area (Å²) in [5, 5.41) is 0. The molecule has 0 saturated heterocycles. The van der Waals surface area contributed by atoms with Crippen LogP contribution in [0, 0.1) is 10.8 Å². The fourth-order valence-corrected chi connectivity index (χ4v) is 1.35. The van der Waals surface area contributed by atoms with Crippen LogP contribution in [-0.2, 0) is 9.53 Å². The number of ketones is 1. The molecule has 0 atom stereocenters. The first kappa shape index (κ1) is 15.6. The lowest BCUT2D eigenvalue weighted by Gasteiger charge is -2.18. The molecule has 0 aromatic carbocycles. The molecule has 0 fully saturated rings. The summed E-state index contributed by atoms with van der Waals surface area (Å²) in [6.45, 7) is 13.9. The van der Waals surface area contributed by atoms with Crippen molar-refractivity contribution in [3.05, 3.63) is 0 Å². The molecule has 0 amide bonds. The van der Waals surface area contributed by atoms with Crippen molar-refractivity contribution in [2.75, 3.05) is 13.2 Å². The first-order valence-electron chi connectivity index (χ1n) is 6.24. The van der Waals surface area contributed by atoms with Gasteiger partial charge >= 0.3 is 0 Å². The fourth-order valence-electron chi connectivity index (χ4n) is 1.35. The van der Waals surface area contributed by atoms with Gasteiger partial charge in [-0.15, -0.1) is 0 Å². The number of ether oxygens (including phenoxy) is 1. The van der Waals surface area contributed by atoms with E-state index in [1.807, 2.05) is 20.8 Å². The smallest absolute Gasteiger partial charge is 0.140 e. The molecule has 16 heavy (non-hydrogen) atoms. The molecule has 0 aliphatic heterocycles. The number of carbonyl (C=O) groups excluding carboxylic acids is 1. The van der Waals surface area contributed by atoms with E-state index < -0.39 is 0 Å². The van der Waals surface area contributed by atoms with Gasteiger partial charge in [0.15, 0.2) is 0 Å². The normalized spacial score (nSPS) is 12.9. The van der Waals surface area contributed by atoms with Crippen LogP contribution < -0.4 is 0 Å². The van der Waals surface area contributed by atoms with Crippen LogP contribution in [-0.4, -0.2) is 19.0 Å². The average Bonchev–Trinajstić information content (AvgIpc) is 2.07. The Labute approximate surface area is 101 Å². The molecule has 2 heteroatoms. The van der Waals surface area contributed by atoms with Crippen LogP contribution in [0.5, 0.6) is 0 Å². The van der Waals surface area contributed by atoms with Crippen molar-refractivity contribution in [2.45, 2.75) is 60.8 Å². The molecule has 0 unspecified atom stereocenters. The van der Waals surface area contributed by atoms with E-state index in [9.17, 15) is 4.79 Å². The molecule has 0 aromatic rings. The van der Waals surface area contributed by atoms with E-state index in [0.29, 0.717) is 18.4 Å². The first-order valence-corrected chi connectivity index (χ1v) is 6.24. The molecule has 0 radical (unpaired) electrons. The zero-order valence-corrected chi connectivity index (χ0v) is 11.9. The van der Waals surface area contributed by atoms with Gasteiger partial charge in [0.05, 0.1) is 6.61 Å². The Hall–Kier alpha value is -0.370. The third-order valence-corrected chi connectivity index (χ3v) is 2.53. The van der Waals surface area contributed by atoms with Gasteiger partial charge in [0.2, 0.25) is 0 Å². The van der Waals surface area contributed by atoms with E-state index in [4.69, 9.17) is 4.74 Å². The van der Waals surface area contributed by atoms with Crippen molar-refractivity contribution in [2.24, 2.45) is 10.8 Å². The third-order valence-electron chi connectivity index (χ3n) is 2.53. The van der Waals surface area contributed by atoms with Gasteiger partial charge in [-0.1, -0.05) is 41.5 Å². The van der Waals surface area contributed by atoms with Crippen LogP contribution in [0.3, 0.4) is 0 Å². The van der Waals surface area contributed by atoms with E-state index in [-0.39, 0.29) is 11.2 Å². The summed E-state index contributed by atoms with van der Waals surface area (Å²) in [4.78, 5) is 11.6. The molecule has 0 aliphatic carbocycles. The van der Waals surface area contributed by atoms with E-state index in [2.05, 4.69) is 20.8 Å². The van der Waals surface area contributed by atoms with Crippen molar-refractivity contribution in [3.8, 4) is 0 Å². The van der Waals surface area contributed by atoms with Gasteiger partial charge in [0.25, 0.3) is 0 Å². The van der Waals surface area contributed by atoms with Crippen molar-refractivity contribution in [1.82, 2.24) is 0 Å². The minimum atomic E-state index is -0.227. The maximum Gasteiger partial charge on any atom is 0.140 e. The highest BCUT2D eigenvalue weighted by Crippen LogP contribution is 2.20. The molecule has 0 aromatic heterocycles. The van der Waals surface area contributed by atoms with Crippen LogP contribution in [0.1, 0.15) is 60.8 Å². The zero-order chi connectivity index (χ0) is 12.8. The topological polar surface area (TPSA) is 26.3 Å². The van der Waals surface area contributed by atoms with Gasteiger partial charge in [-0.3, -0.25) is 4.79 Å². The predicted molar refractivity (Wildman–Crippen MR) is 68.6 cm³/mol. The van der Waals surface area contributed by atoms with Gasteiger partial charge in [-0.25, -0.2) is 0 Å². The quantitative estimate of drug-likeness (QED) is 0.646. The average molecular weight is 228 g/mol. The standard InChI is InChI=1S/C14H28O2/c1-13(2,3)9-7-10-16-11-8-12(15)14(4,5)6/h7-11H2,1-6H3. The molecule has 0 heterocycles. The number of carbonyl (C=O) groups is 1. The SMILES string of the molecule is CC(C)(C)CCCOCCC(=O)C(C)(C)C. The van der Waals surface area contributed by atoms with Gasteiger partial charge in [-0.05, 0) is 18.3 Å². The van der Waals surface area contributed by atoms with Gasteiger partial charge in [0, 0.05) is 18.4 Å². The lowest BCUT2D eigenvalue weighted by Crippen LogP contribution is -2.21. The predicted octanol–water partition coefficient (Wildman–Crippen LogP) is 3.83. The first-order chi connectivity index (χ1) is 7.13.